The van der Waals surface area contributed by atoms with E-state index >= 15 is 0 Å². The number of benzene rings is 1. The van der Waals surface area contributed by atoms with E-state index in [1.165, 1.54) is 37.9 Å². The van der Waals surface area contributed by atoms with Crippen LogP contribution in [0.5, 0.6) is 0 Å². The first kappa shape index (κ1) is 14.1. The van der Waals surface area contributed by atoms with Crippen molar-refractivity contribution in [2.45, 2.75) is 46.5 Å². The molecule has 96 valence electrons. The molecule has 0 aliphatic carbocycles. The minimum Gasteiger partial charge on any atom is -0.372 e. The predicted molar refractivity (Wildman–Crippen MR) is 77.6 cm³/mol. The first-order valence-electron chi connectivity index (χ1n) is 7.11. The maximum Gasteiger partial charge on any atom is 0.0366 e. The zero-order valence-electron chi connectivity index (χ0n) is 11.7. The Balaban J connectivity index is 2.56. The fourth-order valence-electron chi connectivity index (χ4n) is 2.28. The molecule has 0 heterocycles. The molecule has 17 heavy (non-hydrogen) atoms. The van der Waals surface area contributed by atoms with Crippen molar-refractivity contribution < 1.29 is 0 Å². The molecule has 1 heteroatoms. The molecule has 1 nitrogen and oxygen atoms in total. The molecule has 0 saturated carbocycles. The number of nitrogens with zero attached hydrogens (tertiary/aromatic N) is 1. The summed E-state index contributed by atoms with van der Waals surface area (Å²) in [4.78, 5) is 2.50. The van der Waals surface area contributed by atoms with Gasteiger partial charge in [0.1, 0.15) is 0 Å². The molecule has 1 atom stereocenters. The molecule has 0 fully saturated rings. The summed E-state index contributed by atoms with van der Waals surface area (Å²) in [5.41, 5.74) is 1.37. The van der Waals surface area contributed by atoms with Gasteiger partial charge in [0.15, 0.2) is 0 Å². The average Bonchev–Trinajstić information content (AvgIpc) is 2.40. The van der Waals surface area contributed by atoms with Gasteiger partial charge in [0, 0.05) is 18.8 Å². The Morgan fingerprint density at radius 3 is 2.29 bits per heavy atom. The first-order valence-corrected chi connectivity index (χ1v) is 7.11. The molecule has 0 amide bonds. The maximum absolute atomic E-state index is 2.50. The molecule has 0 aliphatic rings. The SMILES string of the molecule is CCCCC(CC)CN(CC)c1ccccc1. The van der Waals surface area contributed by atoms with Crippen LogP contribution in [0.15, 0.2) is 30.3 Å². The minimum atomic E-state index is 0.843. The Bertz CT molecular complexity index is 281. The molecule has 0 spiro atoms. The van der Waals surface area contributed by atoms with Crippen molar-refractivity contribution in [2.24, 2.45) is 5.92 Å². The number of unbranched alkanes of at least 4 members (excludes halogenated alkanes) is 1. The van der Waals surface area contributed by atoms with Crippen molar-refractivity contribution in [3.8, 4) is 0 Å². The van der Waals surface area contributed by atoms with Crippen LogP contribution < -0.4 is 4.90 Å². The van der Waals surface area contributed by atoms with Crippen LogP contribution in [-0.4, -0.2) is 13.1 Å². The van der Waals surface area contributed by atoms with E-state index in [0.717, 1.165) is 12.5 Å². The molecular formula is C16H27N. The van der Waals surface area contributed by atoms with Crippen molar-refractivity contribution in [1.82, 2.24) is 0 Å². The van der Waals surface area contributed by atoms with E-state index in [4.69, 9.17) is 0 Å². The highest BCUT2D eigenvalue weighted by Gasteiger charge is 2.11. The van der Waals surface area contributed by atoms with Crippen LogP contribution in [-0.2, 0) is 0 Å². The quantitative estimate of drug-likeness (QED) is 0.627. The number of para-hydroxylation sites is 1. The van der Waals surface area contributed by atoms with Gasteiger partial charge in [-0.15, -0.1) is 0 Å². The topological polar surface area (TPSA) is 3.24 Å². The van der Waals surface area contributed by atoms with Crippen LogP contribution in [0.1, 0.15) is 46.5 Å². The summed E-state index contributed by atoms with van der Waals surface area (Å²) < 4.78 is 0. The molecule has 0 bridgehead atoms. The second kappa shape index (κ2) is 8.16. The standard InChI is InChI=1S/C16H27N/c1-4-7-11-15(5-2)14-17(6-3)16-12-9-8-10-13-16/h8-10,12-13,15H,4-7,11,14H2,1-3H3. The van der Waals surface area contributed by atoms with Gasteiger partial charge in [0.25, 0.3) is 0 Å². The third kappa shape index (κ3) is 4.80. The van der Waals surface area contributed by atoms with E-state index in [-0.39, 0.29) is 0 Å². The van der Waals surface area contributed by atoms with Crippen LogP contribution >= 0.6 is 0 Å². The summed E-state index contributed by atoms with van der Waals surface area (Å²) in [6.07, 6.45) is 5.35. The Labute approximate surface area is 107 Å². The number of hydrogen-bond acceptors (Lipinski definition) is 1. The van der Waals surface area contributed by atoms with Crippen molar-refractivity contribution in [3.05, 3.63) is 30.3 Å². The van der Waals surface area contributed by atoms with Gasteiger partial charge < -0.3 is 4.90 Å². The fourth-order valence-corrected chi connectivity index (χ4v) is 2.28. The van der Waals surface area contributed by atoms with E-state index < -0.39 is 0 Å². The molecular weight excluding hydrogens is 206 g/mol. The molecule has 0 aromatic heterocycles. The highest BCUT2D eigenvalue weighted by atomic mass is 15.1. The summed E-state index contributed by atoms with van der Waals surface area (Å²) in [6.45, 7) is 9.16. The number of anilines is 1. The van der Waals surface area contributed by atoms with Crippen LogP contribution in [0, 0.1) is 5.92 Å². The Morgan fingerprint density at radius 1 is 1.06 bits per heavy atom. The van der Waals surface area contributed by atoms with Gasteiger partial charge in [-0.3, -0.25) is 0 Å². The lowest BCUT2D eigenvalue weighted by Crippen LogP contribution is -2.29. The Hall–Kier alpha value is -0.980. The molecule has 0 saturated heterocycles. The average molecular weight is 233 g/mol. The normalized spacial score (nSPS) is 12.4. The van der Waals surface area contributed by atoms with Crippen molar-refractivity contribution in [2.75, 3.05) is 18.0 Å². The maximum atomic E-state index is 2.50. The summed E-state index contributed by atoms with van der Waals surface area (Å²) >= 11 is 0. The lowest BCUT2D eigenvalue weighted by Gasteiger charge is -2.28. The van der Waals surface area contributed by atoms with Crippen molar-refractivity contribution >= 4 is 5.69 Å². The second-order valence-corrected chi connectivity index (χ2v) is 4.79. The monoisotopic (exact) mass is 233 g/mol. The molecule has 0 radical (unpaired) electrons. The second-order valence-electron chi connectivity index (χ2n) is 4.79. The largest absolute Gasteiger partial charge is 0.372 e. The number of hydrogen-bond donors (Lipinski definition) is 0. The van der Waals surface area contributed by atoms with E-state index in [2.05, 4.69) is 56.0 Å². The van der Waals surface area contributed by atoms with Crippen LogP contribution in [0.25, 0.3) is 0 Å². The van der Waals surface area contributed by atoms with Crippen molar-refractivity contribution in [3.63, 3.8) is 0 Å². The summed E-state index contributed by atoms with van der Waals surface area (Å²) in [6, 6.07) is 10.8. The van der Waals surface area contributed by atoms with Crippen molar-refractivity contribution in [1.29, 1.82) is 0 Å². The van der Waals surface area contributed by atoms with Gasteiger partial charge in [-0.05, 0) is 31.4 Å². The molecule has 1 aromatic carbocycles. The third-order valence-corrected chi connectivity index (χ3v) is 3.52. The fraction of sp³-hybridized carbons (Fsp3) is 0.625. The molecule has 1 unspecified atom stereocenters. The predicted octanol–water partition coefficient (Wildman–Crippen LogP) is 4.73. The van der Waals surface area contributed by atoms with Crippen LogP contribution in [0.4, 0.5) is 5.69 Å². The van der Waals surface area contributed by atoms with E-state index in [9.17, 15) is 0 Å². The van der Waals surface area contributed by atoms with Gasteiger partial charge in [-0.2, -0.15) is 0 Å². The summed E-state index contributed by atoms with van der Waals surface area (Å²) in [5.74, 6) is 0.843. The Morgan fingerprint density at radius 2 is 1.76 bits per heavy atom. The van der Waals surface area contributed by atoms with Gasteiger partial charge >= 0.3 is 0 Å². The molecule has 0 aliphatic heterocycles. The molecule has 0 N–H and O–H groups in total. The van der Waals surface area contributed by atoms with E-state index in [1.807, 2.05) is 0 Å². The van der Waals surface area contributed by atoms with Crippen LogP contribution in [0.3, 0.4) is 0 Å². The zero-order valence-corrected chi connectivity index (χ0v) is 11.7. The highest BCUT2D eigenvalue weighted by Crippen LogP contribution is 2.19. The Kier molecular flexibility index (Phi) is 6.76. The molecule has 1 aromatic rings. The smallest absolute Gasteiger partial charge is 0.0366 e. The lowest BCUT2D eigenvalue weighted by atomic mass is 9.98. The summed E-state index contributed by atoms with van der Waals surface area (Å²) in [5, 5.41) is 0. The first-order chi connectivity index (χ1) is 8.31. The van der Waals surface area contributed by atoms with Crippen LogP contribution in [0.2, 0.25) is 0 Å². The summed E-state index contributed by atoms with van der Waals surface area (Å²) in [7, 11) is 0. The van der Waals surface area contributed by atoms with Gasteiger partial charge in [0.05, 0.1) is 0 Å². The third-order valence-electron chi connectivity index (χ3n) is 3.52. The van der Waals surface area contributed by atoms with E-state index in [0.29, 0.717) is 0 Å². The molecule has 1 rings (SSSR count). The minimum absolute atomic E-state index is 0.843. The zero-order chi connectivity index (χ0) is 12.5. The van der Waals surface area contributed by atoms with E-state index in [1.54, 1.807) is 0 Å². The lowest BCUT2D eigenvalue weighted by molar-refractivity contribution is 0.448. The van der Waals surface area contributed by atoms with Gasteiger partial charge in [0.2, 0.25) is 0 Å². The van der Waals surface area contributed by atoms with Gasteiger partial charge in [-0.25, -0.2) is 0 Å². The van der Waals surface area contributed by atoms with Gasteiger partial charge in [-0.1, -0.05) is 51.3 Å². The highest BCUT2D eigenvalue weighted by molar-refractivity contribution is 5.45. The number of rotatable bonds is 8.